The number of piperidine rings is 1. The van der Waals surface area contributed by atoms with E-state index in [1.807, 2.05) is 4.90 Å². The van der Waals surface area contributed by atoms with Crippen molar-refractivity contribution in [1.82, 2.24) is 4.90 Å². The summed E-state index contributed by atoms with van der Waals surface area (Å²) in [5.74, 6) is -0.825. The van der Waals surface area contributed by atoms with Crippen LogP contribution in [0.25, 0.3) is 0 Å². The number of carboxylic acids is 1. The number of nitrogens with zero attached hydrogens (tertiary/aromatic N) is 1. The van der Waals surface area contributed by atoms with Gasteiger partial charge >= 0.3 is 5.97 Å². The van der Waals surface area contributed by atoms with Crippen LogP contribution in [0.15, 0.2) is 0 Å². The van der Waals surface area contributed by atoms with Crippen molar-refractivity contribution >= 4 is 5.97 Å². The van der Waals surface area contributed by atoms with Crippen LogP contribution in [0.1, 0.15) is 12.8 Å². The number of carbonyl (C=O) groups is 1. The molecule has 88 valence electrons. The summed E-state index contributed by atoms with van der Waals surface area (Å²) >= 11 is 0. The molecule has 2 unspecified atom stereocenters. The van der Waals surface area contributed by atoms with Crippen molar-refractivity contribution in [3.05, 3.63) is 0 Å². The highest BCUT2D eigenvalue weighted by Crippen LogP contribution is 2.15. The average molecular weight is 217 g/mol. The number of likely N-dealkylation sites (tertiary alicyclic amines) is 1. The Bertz CT molecular complexity index is 210. The SMILES string of the molecule is COCC(C(=O)O)N1CCCC(OC)C1. The predicted octanol–water partition coefficient (Wildman–Crippen LogP) is 0.197. The van der Waals surface area contributed by atoms with Crippen molar-refractivity contribution in [3.63, 3.8) is 0 Å². The molecule has 1 heterocycles. The van der Waals surface area contributed by atoms with E-state index in [9.17, 15) is 4.79 Å². The van der Waals surface area contributed by atoms with Crippen molar-refractivity contribution in [2.45, 2.75) is 25.0 Å². The molecule has 0 aromatic carbocycles. The summed E-state index contributed by atoms with van der Waals surface area (Å²) in [7, 11) is 3.19. The molecular formula is C10H19NO4. The van der Waals surface area contributed by atoms with E-state index in [4.69, 9.17) is 14.6 Å². The molecule has 0 aromatic rings. The molecule has 5 heteroatoms. The summed E-state index contributed by atoms with van der Waals surface area (Å²) in [6.07, 6.45) is 2.13. The van der Waals surface area contributed by atoms with Gasteiger partial charge in [0.15, 0.2) is 0 Å². The molecule has 0 aliphatic carbocycles. The molecule has 0 radical (unpaired) electrons. The lowest BCUT2D eigenvalue weighted by Gasteiger charge is -2.35. The van der Waals surface area contributed by atoms with E-state index in [-0.39, 0.29) is 12.7 Å². The third kappa shape index (κ3) is 3.44. The smallest absolute Gasteiger partial charge is 0.323 e. The fraction of sp³-hybridized carbons (Fsp3) is 0.900. The van der Waals surface area contributed by atoms with E-state index in [0.717, 1.165) is 19.4 Å². The number of ether oxygens (including phenoxy) is 2. The standard InChI is InChI=1S/C10H19NO4/c1-14-7-9(10(12)13)11-5-3-4-8(6-11)15-2/h8-9H,3-7H2,1-2H3,(H,12,13). The van der Waals surface area contributed by atoms with E-state index < -0.39 is 12.0 Å². The van der Waals surface area contributed by atoms with Crippen LogP contribution in [0.5, 0.6) is 0 Å². The number of hydrogen-bond donors (Lipinski definition) is 1. The normalized spacial score (nSPS) is 25.1. The molecule has 1 rings (SSSR count). The van der Waals surface area contributed by atoms with Crippen LogP contribution in [-0.2, 0) is 14.3 Å². The molecule has 0 amide bonds. The first kappa shape index (κ1) is 12.4. The maximum Gasteiger partial charge on any atom is 0.323 e. The minimum absolute atomic E-state index is 0.150. The Balaban J connectivity index is 2.54. The van der Waals surface area contributed by atoms with Crippen LogP contribution in [0.3, 0.4) is 0 Å². The van der Waals surface area contributed by atoms with E-state index >= 15 is 0 Å². The van der Waals surface area contributed by atoms with E-state index in [1.54, 1.807) is 7.11 Å². The maximum absolute atomic E-state index is 11.0. The summed E-state index contributed by atoms with van der Waals surface area (Å²) in [5.41, 5.74) is 0. The van der Waals surface area contributed by atoms with Gasteiger partial charge < -0.3 is 14.6 Å². The molecular weight excluding hydrogens is 198 g/mol. The van der Waals surface area contributed by atoms with Crippen molar-refractivity contribution in [2.24, 2.45) is 0 Å². The fourth-order valence-electron chi connectivity index (χ4n) is 1.93. The Morgan fingerprint density at radius 1 is 1.60 bits per heavy atom. The zero-order valence-electron chi connectivity index (χ0n) is 9.31. The van der Waals surface area contributed by atoms with Crippen molar-refractivity contribution < 1.29 is 19.4 Å². The van der Waals surface area contributed by atoms with Crippen molar-refractivity contribution in [3.8, 4) is 0 Å². The zero-order chi connectivity index (χ0) is 11.3. The Labute approximate surface area is 90.0 Å². The van der Waals surface area contributed by atoms with E-state index in [1.165, 1.54) is 7.11 Å². The molecule has 1 aliphatic heterocycles. The maximum atomic E-state index is 11.0. The fourth-order valence-corrected chi connectivity index (χ4v) is 1.93. The third-order valence-corrected chi connectivity index (χ3v) is 2.79. The highest BCUT2D eigenvalue weighted by Gasteiger charge is 2.30. The van der Waals surface area contributed by atoms with Crippen LogP contribution >= 0.6 is 0 Å². The number of methoxy groups -OCH3 is 2. The second kappa shape index (κ2) is 6.05. The molecule has 0 bridgehead atoms. The molecule has 1 aliphatic rings. The largest absolute Gasteiger partial charge is 0.480 e. The number of rotatable bonds is 5. The minimum Gasteiger partial charge on any atom is -0.480 e. The summed E-state index contributed by atoms with van der Waals surface area (Å²) in [5, 5.41) is 9.05. The van der Waals surface area contributed by atoms with Gasteiger partial charge in [-0.15, -0.1) is 0 Å². The summed E-state index contributed by atoms with van der Waals surface area (Å²) in [6.45, 7) is 1.71. The topological polar surface area (TPSA) is 59.0 Å². The van der Waals surface area contributed by atoms with Gasteiger partial charge in [-0.3, -0.25) is 9.69 Å². The highest BCUT2D eigenvalue weighted by atomic mass is 16.5. The molecule has 2 atom stereocenters. The van der Waals surface area contributed by atoms with Crippen molar-refractivity contribution in [1.29, 1.82) is 0 Å². The zero-order valence-corrected chi connectivity index (χ0v) is 9.31. The molecule has 1 saturated heterocycles. The van der Waals surface area contributed by atoms with E-state index in [2.05, 4.69) is 0 Å². The third-order valence-electron chi connectivity index (χ3n) is 2.79. The molecule has 15 heavy (non-hydrogen) atoms. The second-order valence-electron chi connectivity index (χ2n) is 3.80. The van der Waals surface area contributed by atoms with Crippen LogP contribution in [-0.4, -0.2) is 62.0 Å². The molecule has 0 spiro atoms. The van der Waals surface area contributed by atoms with Gasteiger partial charge in [-0.25, -0.2) is 0 Å². The number of aliphatic carboxylic acids is 1. The Hall–Kier alpha value is -0.650. The number of carboxylic acid groups (broad SMARTS) is 1. The van der Waals surface area contributed by atoms with Crippen LogP contribution in [0, 0.1) is 0 Å². The molecule has 1 fully saturated rings. The first-order valence-electron chi connectivity index (χ1n) is 5.17. The minimum atomic E-state index is -0.825. The summed E-state index contributed by atoms with van der Waals surface area (Å²) < 4.78 is 10.2. The monoisotopic (exact) mass is 217 g/mol. The Morgan fingerprint density at radius 3 is 2.87 bits per heavy atom. The second-order valence-corrected chi connectivity index (χ2v) is 3.80. The van der Waals surface area contributed by atoms with Crippen LogP contribution in [0.4, 0.5) is 0 Å². The van der Waals surface area contributed by atoms with Gasteiger partial charge in [-0.05, 0) is 19.4 Å². The first-order valence-corrected chi connectivity index (χ1v) is 5.17. The van der Waals surface area contributed by atoms with Gasteiger partial charge in [-0.2, -0.15) is 0 Å². The van der Waals surface area contributed by atoms with Crippen LogP contribution in [0.2, 0.25) is 0 Å². The molecule has 0 aromatic heterocycles. The first-order chi connectivity index (χ1) is 7.19. The predicted molar refractivity (Wildman–Crippen MR) is 54.9 cm³/mol. The Morgan fingerprint density at radius 2 is 2.33 bits per heavy atom. The highest BCUT2D eigenvalue weighted by molar-refractivity contribution is 5.73. The summed E-state index contributed by atoms with van der Waals surface area (Å²) in [4.78, 5) is 12.9. The van der Waals surface area contributed by atoms with E-state index in [0.29, 0.717) is 6.54 Å². The lowest BCUT2D eigenvalue weighted by atomic mass is 10.1. The molecule has 0 saturated carbocycles. The van der Waals surface area contributed by atoms with Crippen molar-refractivity contribution in [2.75, 3.05) is 33.9 Å². The van der Waals surface area contributed by atoms with Gasteiger partial charge in [0.1, 0.15) is 6.04 Å². The van der Waals surface area contributed by atoms with Gasteiger partial charge in [0.2, 0.25) is 0 Å². The number of hydrogen-bond acceptors (Lipinski definition) is 4. The van der Waals surface area contributed by atoms with Gasteiger partial charge in [-0.1, -0.05) is 0 Å². The van der Waals surface area contributed by atoms with Gasteiger partial charge in [0, 0.05) is 20.8 Å². The molecule has 1 N–H and O–H groups in total. The lowest BCUT2D eigenvalue weighted by Crippen LogP contribution is -2.50. The van der Waals surface area contributed by atoms with Gasteiger partial charge in [0.05, 0.1) is 12.7 Å². The lowest BCUT2D eigenvalue weighted by molar-refractivity contribution is -0.147. The van der Waals surface area contributed by atoms with Crippen LogP contribution < -0.4 is 0 Å². The van der Waals surface area contributed by atoms with Gasteiger partial charge in [0.25, 0.3) is 0 Å². The quantitative estimate of drug-likeness (QED) is 0.712. The Kier molecular flexibility index (Phi) is 5.01. The molecule has 5 nitrogen and oxygen atoms in total. The average Bonchev–Trinajstić information content (AvgIpc) is 2.25. The summed E-state index contributed by atoms with van der Waals surface area (Å²) in [6, 6.07) is -0.548.